The molecule has 1 rings (SSSR count). The molecule has 2 atom stereocenters. The SMILES string of the molecule is CCCCOCCOCC1CCC(CNC(C)C)O1. The van der Waals surface area contributed by atoms with Gasteiger partial charge in [0.05, 0.1) is 32.0 Å². The number of hydrogen-bond acceptors (Lipinski definition) is 4. The fourth-order valence-electron chi connectivity index (χ4n) is 2.10. The summed E-state index contributed by atoms with van der Waals surface area (Å²) in [5.74, 6) is 0. The molecule has 1 aliphatic heterocycles. The highest BCUT2D eigenvalue weighted by atomic mass is 16.6. The Morgan fingerprint density at radius 2 is 1.84 bits per heavy atom. The summed E-state index contributed by atoms with van der Waals surface area (Å²) in [5.41, 5.74) is 0. The van der Waals surface area contributed by atoms with Crippen LogP contribution in [-0.2, 0) is 14.2 Å². The van der Waals surface area contributed by atoms with Crippen molar-refractivity contribution in [2.45, 2.75) is 64.7 Å². The number of rotatable bonds is 11. The first kappa shape index (κ1) is 16.9. The molecular formula is C15H31NO3. The molecule has 1 aliphatic rings. The van der Waals surface area contributed by atoms with Crippen molar-refractivity contribution in [2.75, 3.05) is 33.0 Å². The van der Waals surface area contributed by atoms with Crippen molar-refractivity contribution in [3.8, 4) is 0 Å². The second kappa shape index (κ2) is 10.6. The van der Waals surface area contributed by atoms with Gasteiger partial charge in [0.25, 0.3) is 0 Å². The van der Waals surface area contributed by atoms with E-state index in [9.17, 15) is 0 Å². The van der Waals surface area contributed by atoms with Crippen molar-refractivity contribution in [2.24, 2.45) is 0 Å². The molecule has 1 N–H and O–H groups in total. The van der Waals surface area contributed by atoms with Crippen molar-refractivity contribution < 1.29 is 14.2 Å². The second-order valence-corrected chi connectivity index (χ2v) is 5.56. The van der Waals surface area contributed by atoms with Gasteiger partial charge in [-0.3, -0.25) is 0 Å². The molecule has 4 heteroatoms. The molecule has 114 valence electrons. The Kier molecular flexibility index (Phi) is 9.43. The molecule has 1 heterocycles. The summed E-state index contributed by atoms with van der Waals surface area (Å²) in [6.07, 6.45) is 5.20. The fraction of sp³-hybridized carbons (Fsp3) is 1.00. The lowest BCUT2D eigenvalue weighted by Gasteiger charge is -2.16. The molecule has 4 nitrogen and oxygen atoms in total. The van der Waals surface area contributed by atoms with E-state index in [0.717, 1.165) is 32.4 Å². The predicted octanol–water partition coefficient (Wildman–Crippen LogP) is 2.37. The Labute approximate surface area is 118 Å². The molecular weight excluding hydrogens is 242 g/mol. The van der Waals surface area contributed by atoms with Crippen LogP contribution < -0.4 is 5.32 Å². The summed E-state index contributed by atoms with van der Waals surface area (Å²) in [6, 6.07) is 0.527. The van der Waals surface area contributed by atoms with Crippen LogP contribution in [0.3, 0.4) is 0 Å². The standard InChI is InChI=1S/C15H31NO3/c1-4-5-8-17-9-10-18-12-15-7-6-14(19-15)11-16-13(2)3/h13-16H,4-12H2,1-3H3. The fourth-order valence-corrected chi connectivity index (χ4v) is 2.10. The van der Waals surface area contributed by atoms with Crippen molar-refractivity contribution in [3.05, 3.63) is 0 Å². The van der Waals surface area contributed by atoms with Crippen LogP contribution in [0.15, 0.2) is 0 Å². The van der Waals surface area contributed by atoms with E-state index in [1.54, 1.807) is 0 Å². The number of unbranched alkanes of at least 4 members (excludes halogenated alkanes) is 1. The van der Waals surface area contributed by atoms with Gasteiger partial charge in [-0.25, -0.2) is 0 Å². The van der Waals surface area contributed by atoms with Crippen LogP contribution >= 0.6 is 0 Å². The maximum absolute atomic E-state index is 5.93. The van der Waals surface area contributed by atoms with Gasteiger partial charge in [-0.1, -0.05) is 27.2 Å². The molecule has 1 saturated heterocycles. The van der Waals surface area contributed by atoms with E-state index in [2.05, 4.69) is 26.1 Å². The zero-order valence-corrected chi connectivity index (χ0v) is 12.8. The van der Waals surface area contributed by atoms with E-state index in [-0.39, 0.29) is 6.10 Å². The van der Waals surface area contributed by atoms with Gasteiger partial charge in [-0.2, -0.15) is 0 Å². The van der Waals surface area contributed by atoms with Gasteiger partial charge in [0.15, 0.2) is 0 Å². The van der Waals surface area contributed by atoms with Crippen LogP contribution in [0, 0.1) is 0 Å². The summed E-state index contributed by atoms with van der Waals surface area (Å²) in [6.45, 7) is 10.4. The van der Waals surface area contributed by atoms with E-state index in [4.69, 9.17) is 14.2 Å². The third-order valence-electron chi connectivity index (χ3n) is 3.27. The number of ether oxygens (including phenoxy) is 3. The topological polar surface area (TPSA) is 39.7 Å². The van der Waals surface area contributed by atoms with E-state index >= 15 is 0 Å². The molecule has 0 radical (unpaired) electrons. The minimum atomic E-state index is 0.273. The summed E-state index contributed by atoms with van der Waals surface area (Å²) in [4.78, 5) is 0. The van der Waals surface area contributed by atoms with Crippen LogP contribution in [0.5, 0.6) is 0 Å². The lowest BCUT2D eigenvalue weighted by atomic mass is 10.2. The average molecular weight is 273 g/mol. The van der Waals surface area contributed by atoms with E-state index < -0.39 is 0 Å². The molecule has 19 heavy (non-hydrogen) atoms. The highest BCUT2D eigenvalue weighted by molar-refractivity contribution is 4.75. The lowest BCUT2D eigenvalue weighted by Crippen LogP contribution is -2.32. The monoisotopic (exact) mass is 273 g/mol. The van der Waals surface area contributed by atoms with Crippen LogP contribution in [0.1, 0.15) is 46.5 Å². The van der Waals surface area contributed by atoms with E-state index in [1.807, 2.05) is 0 Å². The lowest BCUT2D eigenvalue weighted by molar-refractivity contribution is -0.0288. The van der Waals surface area contributed by atoms with Crippen LogP contribution in [0.25, 0.3) is 0 Å². The molecule has 1 fully saturated rings. The van der Waals surface area contributed by atoms with Gasteiger partial charge in [0.2, 0.25) is 0 Å². The molecule has 0 spiro atoms. The molecule has 0 bridgehead atoms. The molecule has 0 aliphatic carbocycles. The Bertz CT molecular complexity index is 212. The summed E-state index contributed by atoms with van der Waals surface area (Å²) < 4.78 is 17.0. The quantitative estimate of drug-likeness (QED) is 0.587. The van der Waals surface area contributed by atoms with E-state index in [1.165, 1.54) is 6.42 Å². The third-order valence-corrected chi connectivity index (χ3v) is 3.27. The minimum Gasteiger partial charge on any atom is -0.379 e. The van der Waals surface area contributed by atoms with Crippen LogP contribution in [0.4, 0.5) is 0 Å². The van der Waals surface area contributed by atoms with Gasteiger partial charge in [-0.05, 0) is 19.3 Å². The predicted molar refractivity (Wildman–Crippen MR) is 77.6 cm³/mol. The average Bonchev–Trinajstić information content (AvgIpc) is 2.83. The molecule has 0 amide bonds. The smallest absolute Gasteiger partial charge is 0.0813 e. The minimum absolute atomic E-state index is 0.273. The van der Waals surface area contributed by atoms with Gasteiger partial charge in [0, 0.05) is 19.2 Å². The van der Waals surface area contributed by atoms with Crippen LogP contribution in [0.2, 0.25) is 0 Å². The Morgan fingerprint density at radius 1 is 1.11 bits per heavy atom. The van der Waals surface area contributed by atoms with Gasteiger partial charge < -0.3 is 19.5 Å². The first-order valence-electron chi connectivity index (χ1n) is 7.76. The summed E-state index contributed by atoms with van der Waals surface area (Å²) in [5, 5.41) is 3.42. The van der Waals surface area contributed by atoms with Crippen molar-refractivity contribution >= 4 is 0 Å². The summed E-state index contributed by atoms with van der Waals surface area (Å²) >= 11 is 0. The largest absolute Gasteiger partial charge is 0.379 e. The molecule has 0 aromatic carbocycles. The summed E-state index contributed by atoms with van der Waals surface area (Å²) in [7, 11) is 0. The molecule has 0 aromatic rings. The van der Waals surface area contributed by atoms with Crippen LogP contribution in [-0.4, -0.2) is 51.2 Å². The Balaban J connectivity index is 1.91. The highest BCUT2D eigenvalue weighted by Gasteiger charge is 2.24. The van der Waals surface area contributed by atoms with Gasteiger partial charge in [-0.15, -0.1) is 0 Å². The highest BCUT2D eigenvalue weighted by Crippen LogP contribution is 2.19. The Morgan fingerprint density at radius 3 is 2.58 bits per heavy atom. The maximum Gasteiger partial charge on any atom is 0.0813 e. The molecule has 0 aromatic heterocycles. The number of hydrogen-bond donors (Lipinski definition) is 1. The maximum atomic E-state index is 5.93. The molecule has 2 unspecified atom stereocenters. The van der Waals surface area contributed by atoms with E-state index in [0.29, 0.717) is 32.0 Å². The van der Waals surface area contributed by atoms with Gasteiger partial charge >= 0.3 is 0 Å². The third kappa shape index (κ3) is 8.58. The van der Waals surface area contributed by atoms with Crippen molar-refractivity contribution in [1.29, 1.82) is 0 Å². The zero-order chi connectivity index (χ0) is 13.9. The first-order chi connectivity index (χ1) is 9.22. The number of nitrogens with one attached hydrogen (secondary N) is 1. The zero-order valence-electron chi connectivity index (χ0n) is 12.8. The van der Waals surface area contributed by atoms with Gasteiger partial charge in [0.1, 0.15) is 0 Å². The molecule has 0 saturated carbocycles. The second-order valence-electron chi connectivity index (χ2n) is 5.56. The van der Waals surface area contributed by atoms with Crippen molar-refractivity contribution in [1.82, 2.24) is 5.32 Å². The first-order valence-corrected chi connectivity index (χ1v) is 7.76. The van der Waals surface area contributed by atoms with Crippen molar-refractivity contribution in [3.63, 3.8) is 0 Å². The Hall–Kier alpha value is -0.160. The normalized spacial score (nSPS) is 23.4.